The van der Waals surface area contributed by atoms with E-state index in [2.05, 4.69) is 9.97 Å². The molecule has 2 aliphatic rings. The molecule has 2 aliphatic heterocycles. The quantitative estimate of drug-likeness (QED) is 0.0564. The Hall–Kier alpha value is -6.53. The summed E-state index contributed by atoms with van der Waals surface area (Å²) in [6.45, 7) is 0. The van der Waals surface area contributed by atoms with Gasteiger partial charge in [-0.25, -0.2) is 18.6 Å². The Morgan fingerprint density at radius 3 is 1.08 bits per heavy atom. The smallest absolute Gasteiger partial charge is 0.427 e. The van der Waals surface area contributed by atoms with Crippen LogP contribution in [0.25, 0.3) is 78.7 Å². The summed E-state index contributed by atoms with van der Waals surface area (Å²) in [5.74, 6) is 0.884. The van der Waals surface area contributed by atoms with Gasteiger partial charge in [0, 0.05) is 58.0 Å². The van der Waals surface area contributed by atoms with Gasteiger partial charge >= 0.3 is 33.4 Å². The van der Waals surface area contributed by atoms with E-state index in [9.17, 15) is 38.2 Å². The van der Waals surface area contributed by atoms with Crippen molar-refractivity contribution in [2.75, 3.05) is 0 Å². The summed E-state index contributed by atoms with van der Waals surface area (Å²) in [7, 11) is -11.3. The number of rotatable bonds is 12. The van der Waals surface area contributed by atoms with Gasteiger partial charge in [-0.3, -0.25) is 4.98 Å². The topological polar surface area (TPSA) is 247 Å². The van der Waals surface area contributed by atoms with E-state index >= 15 is 0 Å². The predicted octanol–water partition coefficient (Wildman–Crippen LogP) is 10.6. The minimum Gasteiger partial charge on any atom is -0.427 e. The average Bonchev–Trinajstić information content (AvgIpc) is 4.11. The Morgan fingerprint density at radius 2 is 0.750 bits per heavy atom. The zero-order valence-electron chi connectivity index (χ0n) is 32.9. The fourth-order valence-corrected chi connectivity index (χ4v) is 9.04. The highest BCUT2D eigenvalue weighted by atomic mass is 31.2. The molecule has 8 bridgehead atoms. The lowest BCUT2D eigenvalue weighted by Gasteiger charge is -2.08. The molecular formula is C44H33N4O12P4+3. The molecule has 0 radical (unpaired) electrons. The Kier molecular flexibility index (Phi) is 12.2. The molecule has 7 N–H and O–H groups in total. The maximum Gasteiger partial charge on any atom is 0.747 e. The summed E-state index contributed by atoms with van der Waals surface area (Å²) in [5, 5.41) is 0. The van der Waals surface area contributed by atoms with Crippen LogP contribution < -0.4 is 18.1 Å². The van der Waals surface area contributed by atoms with Gasteiger partial charge in [-0.15, -0.1) is 14.7 Å². The normalized spacial score (nSPS) is 12.8. The van der Waals surface area contributed by atoms with E-state index < -0.39 is 33.4 Å². The van der Waals surface area contributed by atoms with Crippen molar-refractivity contribution in [3.8, 4) is 67.5 Å². The lowest BCUT2D eigenvalue weighted by Crippen LogP contribution is -1.90. The second-order valence-electron chi connectivity index (χ2n) is 14.2. The summed E-state index contributed by atoms with van der Waals surface area (Å²) < 4.78 is 54.9. The molecule has 3 unspecified atom stereocenters. The number of aryl methyl sites for hydroxylation is 2. The predicted molar refractivity (Wildman–Crippen MR) is 242 cm³/mol. The molecule has 3 aromatic heterocycles. The van der Waals surface area contributed by atoms with Crippen molar-refractivity contribution in [3.05, 3.63) is 144 Å². The van der Waals surface area contributed by atoms with Gasteiger partial charge in [0.25, 0.3) is 0 Å². The van der Waals surface area contributed by atoms with Crippen LogP contribution in [-0.2, 0) is 26.5 Å². The third-order valence-electron chi connectivity index (χ3n) is 10.4. The number of nitrogens with zero attached hydrogens (tertiary/aromatic N) is 2. The maximum absolute atomic E-state index is 11.5. The summed E-state index contributed by atoms with van der Waals surface area (Å²) in [5.41, 5.74) is 11.3. The van der Waals surface area contributed by atoms with Crippen LogP contribution in [0.4, 0.5) is 0 Å². The van der Waals surface area contributed by atoms with Crippen LogP contribution in [0, 0.1) is 0 Å². The molecule has 0 saturated heterocycles. The van der Waals surface area contributed by atoms with Crippen LogP contribution in [0.2, 0.25) is 0 Å². The molecule has 0 amide bonds. The third kappa shape index (κ3) is 9.24. The fourth-order valence-electron chi connectivity index (χ4n) is 7.82. The van der Waals surface area contributed by atoms with Crippen LogP contribution in [-0.4, -0.2) is 44.4 Å². The number of fused-ring (bicyclic) bond motifs is 8. The molecule has 0 spiro atoms. The highest BCUT2D eigenvalue weighted by Gasteiger charge is 2.23. The molecule has 7 aromatic rings. The third-order valence-corrected chi connectivity index (χ3v) is 11.8. The van der Waals surface area contributed by atoms with E-state index in [-0.39, 0.29) is 23.0 Å². The van der Waals surface area contributed by atoms with Crippen molar-refractivity contribution >= 4 is 67.6 Å². The van der Waals surface area contributed by atoms with Crippen LogP contribution in [0.1, 0.15) is 22.8 Å². The first-order valence-corrected chi connectivity index (χ1v) is 23.8. The molecule has 318 valence electrons. The summed E-state index contributed by atoms with van der Waals surface area (Å²) >= 11 is 0. The standard InChI is InChI=1S/C44H30N4O12P4/c49-61(50)57-29-9-1-25(2-10-29)41-33-17-19-35(45-33)42(26-3-11-30(12-4-26)58-62(51)52)37-21-23-39(47-37)44(28-7-15-32(16-8-28)60-64(55)56)40-24-22-38(48-40)43(36-20-18-34(41)46-36)27-5-13-31(14-6-27)59-63(53)54/h1-21,23,46-47,49-50H,22,24H2/p+3. The second kappa shape index (κ2) is 18.3. The van der Waals surface area contributed by atoms with Crippen molar-refractivity contribution in [2.45, 2.75) is 12.8 Å². The monoisotopic (exact) mass is 933 g/mol. The van der Waals surface area contributed by atoms with Gasteiger partial charge in [0.15, 0.2) is 17.2 Å². The number of H-pyrrole nitrogens is 2. The molecule has 0 saturated carbocycles. The number of aromatic nitrogens is 4. The van der Waals surface area contributed by atoms with Crippen molar-refractivity contribution in [1.29, 1.82) is 0 Å². The largest absolute Gasteiger partial charge is 0.747 e. The van der Waals surface area contributed by atoms with E-state index in [0.29, 0.717) is 63.0 Å². The van der Waals surface area contributed by atoms with E-state index in [1.54, 1.807) is 97.1 Å². The van der Waals surface area contributed by atoms with Gasteiger partial charge < -0.3 is 24.3 Å². The molecule has 20 heteroatoms. The zero-order valence-corrected chi connectivity index (χ0v) is 36.5. The van der Waals surface area contributed by atoms with Crippen molar-refractivity contribution in [3.63, 3.8) is 0 Å². The Morgan fingerprint density at radius 1 is 0.438 bits per heavy atom. The van der Waals surface area contributed by atoms with E-state index in [1.807, 2.05) is 36.4 Å². The number of nitrogens with one attached hydrogen (secondary N) is 2. The van der Waals surface area contributed by atoms with E-state index in [4.69, 9.17) is 28.1 Å². The first-order valence-electron chi connectivity index (χ1n) is 19.2. The molecule has 9 rings (SSSR count). The summed E-state index contributed by atoms with van der Waals surface area (Å²) in [6.07, 6.45) is 4.84. The average molecular weight is 934 g/mol. The maximum atomic E-state index is 11.5. The molecule has 64 heavy (non-hydrogen) atoms. The zero-order chi connectivity index (χ0) is 44.5. The van der Waals surface area contributed by atoms with Gasteiger partial charge in [0.1, 0.15) is 5.75 Å². The molecular weight excluding hydrogens is 900 g/mol. The summed E-state index contributed by atoms with van der Waals surface area (Å²) in [6, 6.07) is 34.9. The van der Waals surface area contributed by atoms with Gasteiger partial charge in [0.05, 0.1) is 22.8 Å². The molecule has 5 heterocycles. The molecule has 4 aromatic carbocycles. The van der Waals surface area contributed by atoms with Gasteiger partial charge in [-0.1, -0.05) is 48.5 Å². The number of aromatic amines is 2. The first kappa shape index (κ1) is 42.8. The molecule has 0 aliphatic carbocycles. The van der Waals surface area contributed by atoms with Gasteiger partial charge in [-0.05, 0) is 120 Å². The van der Waals surface area contributed by atoms with Crippen molar-refractivity contribution in [2.24, 2.45) is 0 Å². The molecule has 16 nitrogen and oxygen atoms in total. The van der Waals surface area contributed by atoms with Crippen LogP contribution in [0.15, 0.2) is 121 Å². The fraction of sp³-hybridized carbons (Fsp3) is 0.0455. The summed E-state index contributed by atoms with van der Waals surface area (Å²) in [4.78, 5) is 65.1. The van der Waals surface area contributed by atoms with Crippen LogP contribution in [0.3, 0.4) is 0 Å². The minimum absolute atomic E-state index is 0.202. The Labute approximate surface area is 367 Å². The van der Waals surface area contributed by atoms with Gasteiger partial charge in [0.2, 0.25) is 0 Å². The number of benzene rings is 4. The first-order chi connectivity index (χ1) is 30.9. The number of hydrogen-bond acceptors (Lipinski definition) is 11. The lowest BCUT2D eigenvalue weighted by molar-refractivity contribution is 0.375. The van der Waals surface area contributed by atoms with Gasteiger partial charge in [-0.2, -0.15) is 0 Å². The highest BCUT2D eigenvalue weighted by molar-refractivity contribution is 7.39. The number of hydrogen-bond donors (Lipinski definition) is 7. The Balaban J connectivity index is 1.38. The van der Waals surface area contributed by atoms with Crippen molar-refractivity contribution < 1.29 is 56.3 Å². The van der Waals surface area contributed by atoms with Crippen molar-refractivity contribution in [1.82, 2.24) is 19.9 Å². The highest BCUT2D eigenvalue weighted by Crippen LogP contribution is 2.41. The van der Waals surface area contributed by atoms with E-state index in [0.717, 1.165) is 39.2 Å². The molecule has 0 fully saturated rings. The minimum atomic E-state index is -2.89. The van der Waals surface area contributed by atoms with Crippen LogP contribution in [0.5, 0.6) is 23.0 Å². The SMILES string of the molecule is O=[P+](O)Oc1ccc(-c2c3nc(c(-c4ccc(OP(O)O)cc4)c4ccc([nH]4)c(-c4ccc(O[P+](=O)O)cc4)c4nc(c(-c5ccc(O[P+](=O)O)cc5)c5ccc2[nH]5)CC4)C=C3)cc1. The van der Waals surface area contributed by atoms with Crippen LogP contribution >= 0.6 is 33.4 Å². The lowest BCUT2D eigenvalue weighted by atomic mass is 10.0. The van der Waals surface area contributed by atoms with E-state index in [1.165, 1.54) is 0 Å². The second-order valence-corrected chi connectivity index (χ2v) is 16.9. The molecule has 3 atom stereocenters. The Bertz CT molecular complexity index is 3180.